The molecule has 0 unspecified atom stereocenters. The van der Waals surface area contributed by atoms with Gasteiger partial charge in [-0.1, -0.05) is 61.8 Å². The summed E-state index contributed by atoms with van der Waals surface area (Å²) < 4.78 is 1.15. The van der Waals surface area contributed by atoms with Gasteiger partial charge in [-0.15, -0.1) is 11.3 Å². The summed E-state index contributed by atoms with van der Waals surface area (Å²) in [7, 11) is 0. The zero-order valence-electron chi connectivity index (χ0n) is 11.7. The number of hydrogen-bond donors (Lipinski definition) is 0. The van der Waals surface area contributed by atoms with Gasteiger partial charge >= 0.3 is 0 Å². The van der Waals surface area contributed by atoms with Crippen molar-refractivity contribution in [3.8, 4) is 0 Å². The molecule has 0 saturated carbocycles. The Kier molecular flexibility index (Phi) is 11.1. The molecule has 0 atom stereocenters. The van der Waals surface area contributed by atoms with Crippen LogP contribution >= 0.6 is 27.3 Å². The SMILES string of the molecule is Brc1ccc(CCc2cccs2)cc1.CC.CC. The van der Waals surface area contributed by atoms with Crippen molar-refractivity contribution in [1.82, 2.24) is 0 Å². The zero-order valence-corrected chi connectivity index (χ0v) is 14.1. The average molecular weight is 327 g/mol. The normalized spacial score (nSPS) is 8.72. The molecule has 0 amide bonds. The highest BCUT2D eigenvalue weighted by atomic mass is 79.9. The molecule has 100 valence electrons. The van der Waals surface area contributed by atoms with Gasteiger partial charge in [0.05, 0.1) is 0 Å². The van der Waals surface area contributed by atoms with Crippen LogP contribution in [0.25, 0.3) is 0 Å². The molecule has 0 aliphatic carbocycles. The highest BCUT2D eigenvalue weighted by Crippen LogP contribution is 2.15. The highest BCUT2D eigenvalue weighted by Gasteiger charge is 1.96. The Morgan fingerprint density at radius 2 is 1.50 bits per heavy atom. The molecule has 0 fully saturated rings. The van der Waals surface area contributed by atoms with E-state index in [4.69, 9.17) is 0 Å². The molecule has 0 spiro atoms. The summed E-state index contributed by atoms with van der Waals surface area (Å²) in [6.07, 6.45) is 2.28. The highest BCUT2D eigenvalue weighted by molar-refractivity contribution is 9.10. The van der Waals surface area contributed by atoms with E-state index in [9.17, 15) is 0 Å². The Hall–Kier alpha value is -0.600. The van der Waals surface area contributed by atoms with Crippen LogP contribution in [0.4, 0.5) is 0 Å². The van der Waals surface area contributed by atoms with Gasteiger partial charge in [0.1, 0.15) is 0 Å². The van der Waals surface area contributed by atoms with E-state index < -0.39 is 0 Å². The van der Waals surface area contributed by atoms with E-state index in [1.165, 1.54) is 10.4 Å². The third kappa shape index (κ3) is 6.97. The van der Waals surface area contributed by atoms with Crippen LogP contribution in [-0.2, 0) is 12.8 Å². The van der Waals surface area contributed by atoms with Crippen molar-refractivity contribution >= 4 is 27.3 Å². The molecule has 0 aliphatic rings. The van der Waals surface area contributed by atoms with Crippen LogP contribution in [0.2, 0.25) is 0 Å². The van der Waals surface area contributed by atoms with Crippen LogP contribution in [0, 0.1) is 0 Å². The van der Waals surface area contributed by atoms with Gasteiger partial charge in [0.2, 0.25) is 0 Å². The molecule has 1 aromatic heterocycles. The van der Waals surface area contributed by atoms with Gasteiger partial charge in [0, 0.05) is 9.35 Å². The molecule has 18 heavy (non-hydrogen) atoms. The second kappa shape index (κ2) is 11.5. The Morgan fingerprint density at radius 3 is 2.00 bits per heavy atom. The van der Waals surface area contributed by atoms with Crippen LogP contribution < -0.4 is 0 Å². The Bertz CT molecular complexity index is 376. The number of aryl methyl sites for hydroxylation is 2. The quantitative estimate of drug-likeness (QED) is 0.616. The average Bonchev–Trinajstić information content (AvgIpc) is 2.96. The maximum Gasteiger partial charge on any atom is 0.0175 e. The lowest BCUT2D eigenvalue weighted by Gasteiger charge is -1.99. The summed E-state index contributed by atoms with van der Waals surface area (Å²) in [4.78, 5) is 1.47. The molecule has 2 aromatic rings. The minimum atomic E-state index is 1.13. The lowest BCUT2D eigenvalue weighted by molar-refractivity contribution is 0.980. The largest absolute Gasteiger partial charge is 0.149 e. The van der Waals surface area contributed by atoms with Crippen molar-refractivity contribution in [3.63, 3.8) is 0 Å². The molecule has 0 radical (unpaired) electrons. The molecule has 0 N–H and O–H groups in total. The van der Waals surface area contributed by atoms with Gasteiger partial charge in [0.15, 0.2) is 0 Å². The zero-order chi connectivity index (χ0) is 13.8. The topological polar surface area (TPSA) is 0 Å². The monoisotopic (exact) mass is 326 g/mol. The van der Waals surface area contributed by atoms with Gasteiger partial charge in [-0.2, -0.15) is 0 Å². The molecular formula is C16H23BrS. The summed E-state index contributed by atoms with van der Waals surface area (Å²) in [5.74, 6) is 0. The molecule has 1 aromatic carbocycles. The third-order valence-corrected chi connectivity index (χ3v) is 3.62. The predicted molar refractivity (Wildman–Crippen MR) is 88.6 cm³/mol. The maximum atomic E-state index is 3.44. The van der Waals surface area contributed by atoms with E-state index in [0.29, 0.717) is 0 Å². The van der Waals surface area contributed by atoms with Crippen molar-refractivity contribution in [2.75, 3.05) is 0 Å². The first kappa shape index (κ1) is 17.4. The molecule has 0 nitrogen and oxygen atoms in total. The van der Waals surface area contributed by atoms with Crippen LogP contribution in [-0.4, -0.2) is 0 Å². The lowest BCUT2D eigenvalue weighted by Crippen LogP contribution is -1.87. The second-order valence-electron chi connectivity index (χ2n) is 3.21. The van der Waals surface area contributed by atoms with Gasteiger partial charge in [-0.05, 0) is 42.0 Å². The van der Waals surface area contributed by atoms with Gasteiger partial charge < -0.3 is 0 Å². The van der Waals surface area contributed by atoms with Crippen molar-refractivity contribution in [3.05, 3.63) is 56.7 Å². The molecular weight excluding hydrogens is 304 g/mol. The number of rotatable bonds is 3. The molecule has 0 aliphatic heterocycles. The van der Waals surface area contributed by atoms with Crippen LogP contribution in [0.1, 0.15) is 38.1 Å². The Labute approximate surface area is 124 Å². The van der Waals surface area contributed by atoms with E-state index in [2.05, 4.69) is 57.7 Å². The fourth-order valence-corrected chi connectivity index (χ4v) is 2.35. The molecule has 2 rings (SSSR count). The van der Waals surface area contributed by atoms with E-state index in [1.807, 2.05) is 39.0 Å². The lowest BCUT2D eigenvalue weighted by atomic mass is 10.1. The first-order valence-electron chi connectivity index (χ1n) is 6.61. The second-order valence-corrected chi connectivity index (χ2v) is 5.15. The summed E-state index contributed by atoms with van der Waals surface area (Å²) in [5, 5.41) is 2.14. The minimum absolute atomic E-state index is 1.13. The van der Waals surface area contributed by atoms with Gasteiger partial charge in [-0.25, -0.2) is 0 Å². The summed E-state index contributed by atoms with van der Waals surface area (Å²) in [6.45, 7) is 8.00. The van der Waals surface area contributed by atoms with E-state index in [-0.39, 0.29) is 0 Å². The van der Waals surface area contributed by atoms with E-state index >= 15 is 0 Å². The number of thiophene rings is 1. The predicted octanol–water partition coefficient (Wildman–Crippen LogP) is 6.35. The summed E-state index contributed by atoms with van der Waals surface area (Å²) in [5.41, 5.74) is 1.40. The summed E-state index contributed by atoms with van der Waals surface area (Å²) >= 11 is 5.27. The first-order chi connectivity index (χ1) is 8.84. The van der Waals surface area contributed by atoms with E-state index in [1.54, 1.807) is 0 Å². The number of halogens is 1. The van der Waals surface area contributed by atoms with Crippen LogP contribution in [0.5, 0.6) is 0 Å². The Balaban J connectivity index is 0.000000659. The van der Waals surface area contributed by atoms with Gasteiger partial charge in [-0.3, -0.25) is 0 Å². The smallest absolute Gasteiger partial charge is 0.0175 e. The molecule has 0 saturated heterocycles. The third-order valence-electron chi connectivity index (χ3n) is 2.15. The van der Waals surface area contributed by atoms with Crippen LogP contribution in [0.15, 0.2) is 46.3 Å². The number of hydrogen-bond acceptors (Lipinski definition) is 1. The van der Waals surface area contributed by atoms with E-state index in [0.717, 1.165) is 17.3 Å². The molecule has 1 heterocycles. The van der Waals surface area contributed by atoms with Crippen molar-refractivity contribution in [2.45, 2.75) is 40.5 Å². The first-order valence-corrected chi connectivity index (χ1v) is 8.29. The maximum absolute atomic E-state index is 3.44. The summed E-state index contributed by atoms with van der Waals surface area (Å²) in [6, 6.07) is 12.9. The van der Waals surface area contributed by atoms with Crippen LogP contribution in [0.3, 0.4) is 0 Å². The molecule has 0 bridgehead atoms. The Morgan fingerprint density at radius 1 is 0.889 bits per heavy atom. The van der Waals surface area contributed by atoms with Crippen molar-refractivity contribution < 1.29 is 0 Å². The molecule has 2 heteroatoms. The van der Waals surface area contributed by atoms with Crippen molar-refractivity contribution in [2.24, 2.45) is 0 Å². The fourth-order valence-electron chi connectivity index (χ4n) is 1.37. The minimum Gasteiger partial charge on any atom is -0.149 e. The number of benzene rings is 1. The fraction of sp³-hybridized carbons (Fsp3) is 0.375. The van der Waals surface area contributed by atoms with Crippen molar-refractivity contribution in [1.29, 1.82) is 0 Å². The van der Waals surface area contributed by atoms with Gasteiger partial charge in [0.25, 0.3) is 0 Å². The standard InChI is InChI=1S/C12H11BrS.2C2H6/c13-11-6-3-10(4-7-11)5-8-12-2-1-9-14-12;2*1-2/h1-4,6-7,9H,5,8H2;2*1-2H3.